The van der Waals surface area contributed by atoms with Crippen molar-refractivity contribution < 1.29 is 46.9 Å². The van der Waals surface area contributed by atoms with Gasteiger partial charge in [0, 0.05) is 35.8 Å². The van der Waals surface area contributed by atoms with E-state index < -0.39 is 79.7 Å². The number of allylic oxidation sites excluding steroid dienone is 1. The third kappa shape index (κ3) is 8.71. The zero-order valence-corrected chi connectivity index (χ0v) is 34.8. The second-order valence-electron chi connectivity index (χ2n) is 17.5. The molecule has 3 fully saturated rings. The number of fused-ring (bicyclic) bond motifs is 3. The van der Waals surface area contributed by atoms with Gasteiger partial charge in [0.1, 0.15) is 36.1 Å². The first kappa shape index (κ1) is 42.2. The Morgan fingerprint density at radius 3 is 2.46 bits per heavy atom. The van der Waals surface area contributed by atoms with Crippen LogP contribution >= 0.6 is 0 Å². The summed E-state index contributed by atoms with van der Waals surface area (Å²) in [6.07, 6.45) is 6.25. The molecule has 7 atom stereocenters. The van der Waals surface area contributed by atoms with Crippen LogP contribution in [0.4, 0.5) is 4.79 Å². The van der Waals surface area contributed by atoms with E-state index in [4.69, 9.17) is 14.2 Å². The second-order valence-corrected chi connectivity index (χ2v) is 19.7. The predicted octanol–water partition coefficient (Wildman–Crippen LogP) is 4.64. The molecule has 2 aromatic rings. The van der Waals surface area contributed by atoms with Gasteiger partial charge < -0.3 is 29.5 Å². The molecule has 15 nitrogen and oxygen atoms in total. The van der Waals surface area contributed by atoms with Crippen molar-refractivity contribution in [3.63, 3.8) is 0 Å². The van der Waals surface area contributed by atoms with Crippen LogP contribution in [0.25, 0.3) is 10.8 Å². The first-order valence-electron chi connectivity index (χ1n) is 19.9. The van der Waals surface area contributed by atoms with E-state index in [-0.39, 0.29) is 31.2 Å². The molecular weight excluding hydrogens is 755 g/mol. The Morgan fingerprint density at radius 2 is 1.81 bits per heavy atom. The molecule has 0 unspecified atom stereocenters. The molecule has 2 aliphatic carbocycles. The standard InChI is InChI=1S/C41H57N5O10S/c1-25-12-8-9-13-27-22-41(27,37(49)44-57(52,53)40(6)16-17-40)43-34(47)31-21-28(24-45(31)36(48)33(26(2)20-25)46(38(50)51)39(3,4)5)56-35-30-15-11-10-14-29(30)32(23-42-35)55-19-18-54-7/h9-11,13-15,23,25-28,31,33H,8,12,16-22,24H2,1-7H3,(H,43,47)(H,44,49)(H,50,51)/t25-,26-,27-,28-,31+,33+,41-/m1/s1. The molecule has 4 amide bonds. The molecule has 312 valence electrons. The number of nitrogens with zero attached hydrogens (tertiary/aromatic N) is 3. The number of sulfonamides is 1. The average Bonchev–Trinajstić information content (AvgIpc) is 4.02. The van der Waals surface area contributed by atoms with Gasteiger partial charge in [-0.3, -0.25) is 24.0 Å². The van der Waals surface area contributed by atoms with Crippen LogP contribution in [0.15, 0.2) is 42.6 Å². The average molecular weight is 812 g/mol. The van der Waals surface area contributed by atoms with E-state index in [1.807, 2.05) is 43.3 Å². The Hall–Kier alpha value is -4.44. The van der Waals surface area contributed by atoms with Gasteiger partial charge in [-0.05, 0) is 84.1 Å². The van der Waals surface area contributed by atoms with Gasteiger partial charge in [-0.2, -0.15) is 0 Å². The van der Waals surface area contributed by atoms with Crippen LogP contribution in [0.1, 0.15) is 86.5 Å². The highest BCUT2D eigenvalue weighted by atomic mass is 32.2. The molecule has 3 N–H and O–H groups in total. The molecule has 2 aliphatic heterocycles. The normalized spacial score (nSPS) is 28.9. The third-order valence-electron chi connectivity index (χ3n) is 12.0. The number of pyridine rings is 1. The number of aromatic nitrogens is 1. The Labute approximate surface area is 334 Å². The number of methoxy groups -OCH3 is 1. The SMILES string of the molecule is COCCOc1cnc(O[C@@H]2C[C@H]3C(=O)N[C@]4(C(=O)NS(=O)(=O)C5(C)CC5)C[C@H]4C=CCC[C@@H](C)C[C@@H](C)[C@H](N(C(=O)O)C(C)(C)C)C(=O)N3C2)c2ccccc12. The number of hydrogen-bond donors (Lipinski definition) is 3. The molecule has 0 bridgehead atoms. The minimum absolute atomic E-state index is 0.00562. The van der Waals surface area contributed by atoms with E-state index in [9.17, 15) is 27.9 Å². The van der Waals surface area contributed by atoms with Crippen molar-refractivity contribution in [3.8, 4) is 11.6 Å². The van der Waals surface area contributed by atoms with Crippen molar-refractivity contribution in [2.24, 2.45) is 17.8 Å². The smallest absolute Gasteiger partial charge is 0.408 e. The predicted molar refractivity (Wildman–Crippen MR) is 212 cm³/mol. The van der Waals surface area contributed by atoms with Crippen molar-refractivity contribution in [2.45, 2.75) is 121 Å². The lowest BCUT2D eigenvalue weighted by Gasteiger charge is -2.43. The number of nitrogens with one attached hydrogen (secondary N) is 2. The number of carbonyl (C=O) groups is 4. The van der Waals surface area contributed by atoms with Crippen molar-refractivity contribution >= 4 is 44.6 Å². The zero-order chi connectivity index (χ0) is 41.5. The van der Waals surface area contributed by atoms with E-state index >= 15 is 4.79 Å². The van der Waals surface area contributed by atoms with Crippen molar-refractivity contribution in [1.29, 1.82) is 0 Å². The summed E-state index contributed by atoms with van der Waals surface area (Å²) in [7, 11) is -2.44. The van der Waals surface area contributed by atoms with E-state index in [2.05, 4.69) is 21.9 Å². The maximum atomic E-state index is 15.1. The van der Waals surface area contributed by atoms with Crippen LogP contribution < -0.4 is 19.5 Å². The summed E-state index contributed by atoms with van der Waals surface area (Å²) in [6.45, 7) is 11.3. The minimum Gasteiger partial charge on any atom is -0.489 e. The van der Waals surface area contributed by atoms with Gasteiger partial charge in [0.15, 0.2) is 0 Å². The number of carbonyl (C=O) groups excluding carboxylic acids is 3. The highest BCUT2D eigenvalue weighted by molar-refractivity contribution is 7.91. The largest absolute Gasteiger partial charge is 0.489 e. The third-order valence-corrected chi connectivity index (χ3v) is 14.1. The minimum atomic E-state index is -4.02. The van der Waals surface area contributed by atoms with Gasteiger partial charge in [0.25, 0.3) is 5.91 Å². The van der Waals surface area contributed by atoms with E-state index in [1.54, 1.807) is 41.0 Å². The van der Waals surface area contributed by atoms with Crippen LogP contribution in [0.2, 0.25) is 0 Å². The summed E-state index contributed by atoms with van der Waals surface area (Å²) in [6, 6.07) is 5.05. The molecular formula is C41H57N5O10S. The number of amides is 4. The summed E-state index contributed by atoms with van der Waals surface area (Å²) in [5.41, 5.74) is -2.54. The fourth-order valence-corrected chi connectivity index (χ4v) is 9.62. The molecule has 1 aromatic carbocycles. The summed E-state index contributed by atoms with van der Waals surface area (Å²) >= 11 is 0. The second kappa shape index (κ2) is 16.1. The number of rotatable bonds is 10. The Kier molecular flexibility index (Phi) is 11.9. The number of ether oxygens (including phenoxy) is 3. The first-order chi connectivity index (χ1) is 26.8. The number of hydrogen-bond acceptors (Lipinski definition) is 10. The van der Waals surface area contributed by atoms with Crippen LogP contribution in [-0.2, 0) is 29.1 Å². The maximum absolute atomic E-state index is 15.1. The van der Waals surface area contributed by atoms with Gasteiger partial charge in [-0.1, -0.05) is 44.2 Å². The molecule has 0 radical (unpaired) electrons. The molecule has 3 heterocycles. The lowest BCUT2D eigenvalue weighted by molar-refractivity contribution is -0.146. The molecule has 4 aliphatic rings. The zero-order valence-electron chi connectivity index (χ0n) is 33.9. The molecule has 0 spiro atoms. The lowest BCUT2D eigenvalue weighted by Crippen LogP contribution is -2.62. The van der Waals surface area contributed by atoms with E-state index in [0.717, 1.165) is 11.8 Å². The van der Waals surface area contributed by atoms with Gasteiger partial charge in [0.2, 0.25) is 27.7 Å². The van der Waals surface area contributed by atoms with E-state index in [1.165, 1.54) is 9.80 Å². The molecule has 6 rings (SSSR count). The molecule has 1 aromatic heterocycles. The lowest BCUT2D eigenvalue weighted by atomic mass is 9.85. The molecule has 16 heteroatoms. The van der Waals surface area contributed by atoms with Crippen LogP contribution in [-0.4, -0.2) is 113 Å². The Balaban J connectivity index is 1.38. The topological polar surface area (TPSA) is 194 Å². The molecule has 2 saturated carbocycles. The Morgan fingerprint density at radius 1 is 1.11 bits per heavy atom. The van der Waals surface area contributed by atoms with Gasteiger partial charge >= 0.3 is 6.09 Å². The summed E-state index contributed by atoms with van der Waals surface area (Å²) in [5.74, 6) is -2.06. The van der Waals surface area contributed by atoms with Crippen molar-refractivity contribution in [2.75, 3.05) is 26.9 Å². The van der Waals surface area contributed by atoms with Gasteiger partial charge in [0.05, 0.1) is 24.1 Å². The summed E-state index contributed by atoms with van der Waals surface area (Å²) in [5, 5.41) is 14.9. The molecule has 1 saturated heterocycles. The fraction of sp³-hybridized carbons (Fsp3) is 0.634. The monoisotopic (exact) mass is 811 g/mol. The quantitative estimate of drug-likeness (QED) is 0.224. The highest BCUT2D eigenvalue weighted by Gasteiger charge is 2.63. The Bertz CT molecular complexity index is 2010. The first-order valence-corrected chi connectivity index (χ1v) is 21.3. The van der Waals surface area contributed by atoms with Crippen LogP contribution in [0.5, 0.6) is 11.6 Å². The van der Waals surface area contributed by atoms with E-state index in [0.29, 0.717) is 50.0 Å². The summed E-state index contributed by atoms with van der Waals surface area (Å²) < 4.78 is 45.2. The number of carboxylic acid groups (broad SMARTS) is 1. The van der Waals surface area contributed by atoms with Crippen LogP contribution in [0, 0.1) is 17.8 Å². The highest BCUT2D eigenvalue weighted by Crippen LogP contribution is 2.48. The maximum Gasteiger partial charge on any atom is 0.408 e. The van der Waals surface area contributed by atoms with Gasteiger partial charge in [-0.25, -0.2) is 18.2 Å². The molecule has 57 heavy (non-hydrogen) atoms. The van der Waals surface area contributed by atoms with Crippen LogP contribution in [0.3, 0.4) is 0 Å². The number of benzene rings is 1. The van der Waals surface area contributed by atoms with Gasteiger partial charge in [-0.15, -0.1) is 0 Å². The summed E-state index contributed by atoms with van der Waals surface area (Å²) in [4.78, 5) is 63.8. The fourth-order valence-electron chi connectivity index (χ4n) is 8.31. The van der Waals surface area contributed by atoms with Crippen molar-refractivity contribution in [3.05, 3.63) is 42.6 Å². The van der Waals surface area contributed by atoms with Crippen molar-refractivity contribution in [1.82, 2.24) is 24.8 Å².